The van der Waals surface area contributed by atoms with Crippen molar-refractivity contribution in [1.82, 2.24) is 0 Å². The number of carboxylic acids is 1. The van der Waals surface area contributed by atoms with E-state index in [1.807, 2.05) is 6.92 Å². The number of aliphatic carboxylic acids is 1. The van der Waals surface area contributed by atoms with Crippen molar-refractivity contribution in [2.45, 2.75) is 51.6 Å². The van der Waals surface area contributed by atoms with Crippen LogP contribution in [-0.4, -0.2) is 23.8 Å². The summed E-state index contributed by atoms with van der Waals surface area (Å²) in [5, 5.41) is 8.47. The third-order valence-corrected chi connectivity index (χ3v) is 2.92. The molecule has 82 valence electrons. The average molecular weight is 200 g/mol. The van der Waals surface area contributed by atoms with Gasteiger partial charge in [0.1, 0.15) is 0 Å². The first kappa shape index (κ1) is 11.5. The molecule has 1 N–H and O–H groups in total. The first-order valence-corrected chi connectivity index (χ1v) is 5.52. The van der Waals surface area contributed by atoms with Crippen molar-refractivity contribution in [3.8, 4) is 0 Å². The summed E-state index contributed by atoms with van der Waals surface area (Å²) >= 11 is 0. The van der Waals surface area contributed by atoms with Gasteiger partial charge >= 0.3 is 5.97 Å². The first-order valence-electron chi connectivity index (χ1n) is 5.52. The summed E-state index contributed by atoms with van der Waals surface area (Å²) in [5.41, 5.74) is 0. The molecule has 1 saturated carbocycles. The summed E-state index contributed by atoms with van der Waals surface area (Å²) < 4.78 is 5.54. The molecule has 0 saturated heterocycles. The molecule has 0 spiro atoms. The highest BCUT2D eigenvalue weighted by Gasteiger charge is 2.17. The molecule has 1 atom stereocenters. The van der Waals surface area contributed by atoms with Crippen molar-refractivity contribution < 1.29 is 14.6 Å². The van der Waals surface area contributed by atoms with Crippen LogP contribution in [0.15, 0.2) is 0 Å². The van der Waals surface area contributed by atoms with Gasteiger partial charge < -0.3 is 9.84 Å². The van der Waals surface area contributed by atoms with Crippen molar-refractivity contribution in [1.29, 1.82) is 0 Å². The van der Waals surface area contributed by atoms with Gasteiger partial charge in [-0.1, -0.05) is 19.3 Å². The fraction of sp³-hybridized carbons (Fsp3) is 0.909. The molecule has 14 heavy (non-hydrogen) atoms. The predicted molar refractivity (Wildman–Crippen MR) is 54.2 cm³/mol. The maximum atomic E-state index is 10.3. The van der Waals surface area contributed by atoms with Gasteiger partial charge in [-0.25, -0.2) is 0 Å². The second kappa shape index (κ2) is 6.02. The standard InChI is InChI=1S/C11H20O3/c1-9(5-6-11(12)13)14-8-7-10-3-2-4-10/h9-10H,2-8H2,1H3,(H,12,13). The average Bonchev–Trinajstić information content (AvgIpc) is 2.06. The van der Waals surface area contributed by atoms with Crippen LogP contribution in [0, 0.1) is 5.92 Å². The Hall–Kier alpha value is -0.570. The second-order valence-corrected chi connectivity index (χ2v) is 4.20. The molecule has 3 nitrogen and oxygen atoms in total. The molecule has 0 bridgehead atoms. The Morgan fingerprint density at radius 1 is 1.57 bits per heavy atom. The number of hydrogen-bond acceptors (Lipinski definition) is 2. The number of carboxylic acid groups (broad SMARTS) is 1. The normalized spacial score (nSPS) is 18.9. The van der Waals surface area contributed by atoms with E-state index >= 15 is 0 Å². The lowest BCUT2D eigenvalue weighted by Gasteiger charge is -2.25. The Morgan fingerprint density at radius 2 is 2.29 bits per heavy atom. The lowest BCUT2D eigenvalue weighted by molar-refractivity contribution is -0.137. The number of ether oxygens (including phenoxy) is 1. The van der Waals surface area contributed by atoms with Crippen LogP contribution in [0.2, 0.25) is 0 Å². The summed E-state index contributed by atoms with van der Waals surface area (Å²) in [6, 6.07) is 0. The van der Waals surface area contributed by atoms with Gasteiger partial charge in [0.05, 0.1) is 6.10 Å². The van der Waals surface area contributed by atoms with E-state index < -0.39 is 5.97 Å². The molecule has 1 unspecified atom stereocenters. The molecule has 0 aromatic heterocycles. The molecule has 0 aliphatic heterocycles. The number of carbonyl (C=O) groups is 1. The zero-order valence-corrected chi connectivity index (χ0v) is 8.87. The van der Waals surface area contributed by atoms with E-state index in [0.29, 0.717) is 6.42 Å². The fourth-order valence-electron chi connectivity index (χ4n) is 1.63. The molecule has 1 fully saturated rings. The van der Waals surface area contributed by atoms with Crippen molar-refractivity contribution in [3.63, 3.8) is 0 Å². The second-order valence-electron chi connectivity index (χ2n) is 4.20. The molecule has 0 radical (unpaired) electrons. The Balaban J connectivity index is 1.91. The third kappa shape index (κ3) is 4.61. The Morgan fingerprint density at radius 3 is 2.79 bits per heavy atom. The lowest BCUT2D eigenvalue weighted by atomic mass is 9.83. The Kier molecular flexibility index (Phi) is 4.94. The summed E-state index contributed by atoms with van der Waals surface area (Å²) in [5.74, 6) is 0.140. The minimum Gasteiger partial charge on any atom is -0.481 e. The minimum atomic E-state index is -0.737. The molecule has 0 amide bonds. The fourth-order valence-corrected chi connectivity index (χ4v) is 1.63. The maximum Gasteiger partial charge on any atom is 0.303 e. The quantitative estimate of drug-likeness (QED) is 0.686. The van der Waals surface area contributed by atoms with Gasteiger partial charge in [0.15, 0.2) is 0 Å². The summed E-state index contributed by atoms with van der Waals surface area (Å²) in [6.07, 6.45) is 6.16. The van der Waals surface area contributed by atoms with Gasteiger partial charge in [0.25, 0.3) is 0 Å². The predicted octanol–water partition coefficient (Wildman–Crippen LogP) is 2.45. The van der Waals surface area contributed by atoms with E-state index in [1.165, 1.54) is 19.3 Å². The molecular weight excluding hydrogens is 180 g/mol. The van der Waals surface area contributed by atoms with Crippen LogP contribution >= 0.6 is 0 Å². The van der Waals surface area contributed by atoms with Crippen LogP contribution in [0.5, 0.6) is 0 Å². The topological polar surface area (TPSA) is 46.5 Å². The van der Waals surface area contributed by atoms with E-state index in [-0.39, 0.29) is 12.5 Å². The van der Waals surface area contributed by atoms with Crippen molar-refractivity contribution in [2.24, 2.45) is 5.92 Å². The van der Waals surface area contributed by atoms with Crippen molar-refractivity contribution in [3.05, 3.63) is 0 Å². The molecule has 1 rings (SSSR count). The van der Waals surface area contributed by atoms with Crippen LogP contribution < -0.4 is 0 Å². The van der Waals surface area contributed by atoms with Crippen LogP contribution in [0.1, 0.15) is 45.4 Å². The molecule has 0 heterocycles. The molecule has 0 aromatic rings. The molecule has 1 aliphatic carbocycles. The first-order chi connectivity index (χ1) is 6.68. The van der Waals surface area contributed by atoms with Gasteiger partial charge in [0, 0.05) is 13.0 Å². The summed E-state index contributed by atoms with van der Waals surface area (Å²) in [4.78, 5) is 10.3. The van der Waals surface area contributed by atoms with Crippen LogP contribution in [0.25, 0.3) is 0 Å². The van der Waals surface area contributed by atoms with Crippen LogP contribution in [0.3, 0.4) is 0 Å². The zero-order valence-electron chi connectivity index (χ0n) is 8.87. The van der Waals surface area contributed by atoms with E-state index in [4.69, 9.17) is 9.84 Å². The maximum absolute atomic E-state index is 10.3. The highest BCUT2D eigenvalue weighted by atomic mass is 16.5. The highest BCUT2D eigenvalue weighted by molar-refractivity contribution is 5.66. The lowest BCUT2D eigenvalue weighted by Crippen LogP contribution is -2.17. The van der Waals surface area contributed by atoms with Gasteiger partial charge in [-0.3, -0.25) is 4.79 Å². The van der Waals surface area contributed by atoms with Gasteiger partial charge in [-0.2, -0.15) is 0 Å². The highest BCUT2D eigenvalue weighted by Crippen LogP contribution is 2.29. The molecular formula is C11H20O3. The Labute approximate surface area is 85.5 Å². The smallest absolute Gasteiger partial charge is 0.303 e. The van der Waals surface area contributed by atoms with E-state index in [1.54, 1.807) is 0 Å². The van der Waals surface area contributed by atoms with Gasteiger partial charge in [-0.05, 0) is 25.7 Å². The monoisotopic (exact) mass is 200 g/mol. The van der Waals surface area contributed by atoms with E-state index in [2.05, 4.69) is 0 Å². The van der Waals surface area contributed by atoms with Crippen LogP contribution in [0.4, 0.5) is 0 Å². The molecule has 0 aromatic carbocycles. The molecule has 1 aliphatic rings. The SMILES string of the molecule is CC(CCC(=O)O)OCCC1CCC1. The number of hydrogen-bond donors (Lipinski definition) is 1. The van der Waals surface area contributed by atoms with E-state index in [0.717, 1.165) is 18.9 Å². The Bertz CT molecular complexity index is 175. The largest absolute Gasteiger partial charge is 0.481 e. The van der Waals surface area contributed by atoms with Gasteiger partial charge in [-0.15, -0.1) is 0 Å². The van der Waals surface area contributed by atoms with Crippen molar-refractivity contribution in [2.75, 3.05) is 6.61 Å². The summed E-state index contributed by atoms with van der Waals surface area (Å²) in [7, 11) is 0. The van der Waals surface area contributed by atoms with Crippen LogP contribution in [-0.2, 0) is 9.53 Å². The third-order valence-electron chi connectivity index (χ3n) is 2.92. The summed E-state index contributed by atoms with van der Waals surface area (Å²) in [6.45, 7) is 2.75. The van der Waals surface area contributed by atoms with E-state index in [9.17, 15) is 4.79 Å². The minimum absolute atomic E-state index is 0.0891. The van der Waals surface area contributed by atoms with Crippen molar-refractivity contribution >= 4 is 5.97 Å². The molecule has 3 heteroatoms. The zero-order chi connectivity index (χ0) is 10.4. The number of rotatable bonds is 7. The van der Waals surface area contributed by atoms with Gasteiger partial charge in [0.2, 0.25) is 0 Å².